The number of ketones is 1. The van der Waals surface area contributed by atoms with Crippen LogP contribution in [0.25, 0.3) is 0 Å². The molecule has 2 fully saturated rings. The summed E-state index contributed by atoms with van der Waals surface area (Å²) in [6, 6.07) is 8.05. The zero-order chi connectivity index (χ0) is 17.1. The molecule has 1 atom stereocenters. The van der Waals surface area contributed by atoms with Crippen LogP contribution in [0.5, 0.6) is 0 Å². The highest BCUT2D eigenvalue weighted by atomic mass is 16.2. The molecule has 0 saturated carbocycles. The van der Waals surface area contributed by atoms with Crippen LogP contribution in [0, 0.1) is 0 Å². The number of nitrogens with one attached hydrogen (secondary N) is 1. The number of amides is 2. The van der Waals surface area contributed by atoms with Gasteiger partial charge in [0.05, 0.1) is 12.5 Å². The Morgan fingerprint density at radius 3 is 2.38 bits per heavy atom. The molecule has 0 bridgehead atoms. The Hall–Kier alpha value is -2.21. The molecule has 128 valence electrons. The summed E-state index contributed by atoms with van der Waals surface area (Å²) in [5.41, 5.74) is 2.09. The van der Waals surface area contributed by atoms with Gasteiger partial charge in [-0.25, -0.2) is 0 Å². The minimum atomic E-state index is -0.232. The Labute approximate surface area is 141 Å². The van der Waals surface area contributed by atoms with Crippen LogP contribution >= 0.6 is 0 Å². The Morgan fingerprint density at radius 1 is 1.12 bits per heavy atom. The lowest BCUT2D eigenvalue weighted by molar-refractivity contribution is -0.134. The zero-order valence-electron chi connectivity index (χ0n) is 14.0. The maximum Gasteiger partial charge on any atom is 0.234 e. The topological polar surface area (TPSA) is 69.7 Å². The third-order valence-corrected chi connectivity index (χ3v) is 4.72. The van der Waals surface area contributed by atoms with Gasteiger partial charge in [0.2, 0.25) is 11.8 Å². The quantitative estimate of drug-likeness (QED) is 0.832. The molecular formula is C18H23N3O3. The lowest BCUT2D eigenvalue weighted by Gasteiger charge is -2.35. The standard InChI is InChI=1S/C18H23N3O3/c1-13(22)12-20-8-10-21(11-9-20)15-4-2-14(3-5-15)16-6-7-17(23)19-18(16)24/h2-5,16H,6-12H2,1H3,(H,19,23,24). The first-order valence-electron chi connectivity index (χ1n) is 8.43. The average molecular weight is 329 g/mol. The first-order valence-corrected chi connectivity index (χ1v) is 8.43. The van der Waals surface area contributed by atoms with Crippen LogP contribution in [0.15, 0.2) is 24.3 Å². The van der Waals surface area contributed by atoms with Crippen molar-refractivity contribution in [3.05, 3.63) is 29.8 Å². The molecule has 1 aromatic carbocycles. The van der Waals surface area contributed by atoms with Crippen molar-refractivity contribution in [3.63, 3.8) is 0 Å². The van der Waals surface area contributed by atoms with Gasteiger partial charge in [-0.15, -0.1) is 0 Å². The fourth-order valence-corrected chi connectivity index (χ4v) is 3.41. The summed E-state index contributed by atoms with van der Waals surface area (Å²) >= 11 is 0. The number of anilines is 1. The van der Waals surface area contributed by atoms with Crippen molar-refractivity contribution in [1.82, 2.24) is 10.2 Å². The van der Waals surface area contributed by atoms with Crippen LogP contribution < -0.4 is 10.2 Å². The maximum absolute atomic E-state index is 11.9. The largest absolute Gasteiger partial charge is 0.369 e. The van der Waals surface area contributed by atoms with Gasteiger partial charge in [0.15, 0.2) is 0 Å². The van der Waals surface area contributed by atoms with E-state index in [4.69, 9.17) is 0 Å². The van der Waals surface area contributed by atoms with E-state index in [1.165, 1.54) is 0 Å². The number of rotatable bonds is 4. The number of hydrogen-bond acceptors (Lipinski definition) is 5. The molecular weight excluding hydrogens is 306 g/mol. The number of carbonyl (C=O) groups is 3. The minimum Gasteiger partial charge on any atom is -0.369 e. The highest BCUT2D eigenvalue weighted by molar-refractivity contribution is 6.00. The van der Waals surface area contributed by atoms with E-state index in [-0.39, 0.29) is 23.5 Å². The summed E-state index contributed by atoms with van der Waals surface area (Å²) < 4.78 is 0. The number of imide groups is 1. The van der Waals surface area contributed by atoms with Gasteiger partial charge in [-0.1, -0.05) is 12.1 Å². The minimum absolute atomic E-state index is 0.184. The lowest BCUT2D eigenvalue weighted by Crippen LogP contribution is -2.47. The van der Waals surface area contributed by atoms with Gasteiger partial charge in [0, 0.05) is 38.3 Å². The molecule has 3 rings (SSSR count). The molecule has 0 aliphatic carbocycles. The summed E-state index contributed by atoms with van der Waals surface area (Å²) in [6.45, 7) is 5.71. The summed E-state index contributed by atoms with van der Waals surface area (Å²) in [5, 5.41) is 2.40. The molecule has 1 aromatic rings. The van der Waals surface area contributed by atoms with E-state index in [0.29, 0.717) is 19.4 Å². The van der Waals surface area contributed by atoms with Crippen molar-refractivity contribution in [2.75, 3.05) is 37.6 Å². The molecule has 2 aliphatic heterocycles. The van der Waals surface area contributed by atoms with Gasteiger partial charge >= 0.3 is 0 Å². The number of benzene rings is 1. The third-order valence-electron chi connectivity index (χ3n) is 4.72. The van der Waals surface area contributed by atoms with Crippen molar-refractivity contribution in [3.8, 4) is 0 Å². The number of piperidine rings is 1. The van der Waals surface area contributed by atoms with Crippen LogP contribution in [0.3, 0.4) is 0 Å². The van der Waals surface area contributed by atoms with E-state index < -0.39 is 0 Å². The summed E-state index contributed by atoms with van der Waals surface area (Å²) in [4.78, 5) is 38.8. The Kier molecular flexibility index (Phi) is 4.94. The molecule has 24 heavy (non-hydrogen) atoms. The highest BCUT2D eigenvalue weighted by Gasteiger charge is 2.28. The monoisotopic (exact) mass is 329 g/mol. The van der Waals surface area contributed by atoms with Crippen LogP contribution in [0.1, 0.15) is 31.2 Å². The fourth-order valence-electron chi connectivity index (χ4n) is 3.41. The highest BCUT2D eigenvalue weighted by Crippen LogP contribution is 2.27. The molecule has 0 aromatic heterocycles. The molecule has 2 heterocycles. The summed E-state index contributed by atoms with van der Waals surface area (Å²) in [5.74, 6) is -0.408. The molecule has 2 saturated heterocycles. The second-order valence-corrected chi connectivity index (χ2v) is 6.56. The molecule has 6 nitrogen and oxygen atoms in total. The van der Waals surface area contributed by atoms with Crippen LogP contribution in [-0.4, -0.2) is 55.2 Å². The Balaban J connectivity index is 1.60. The molecule has 0 radical (unpaired) electrons. The van der Waals surface area contributed by atoms with Crippen molar-refractivity contribution >= 4 is 23.3 Å². The van der Waals surface area contributed by atoms with Gasteiger partial charge in [-0.3, -0.25) is 24.6 Å². The van der Waals surface area contributed by atoms with E-state index in [0.717, 1.165) is 37.4 Å². The van der Waals surface area contributed by atoms with Crippen molar-refractivity contribution < 1.29 is 14.4 Å². The van der Waals surface area contributed by atoms with E-state index in [1.54, 1.807) is 6.92 Å². The zero-order valence-corrected chi connectivity index (χ0v) is 14.0. The third kappa shape index (κ3) is 3.82. The fraction of sp³-hybridized carbons (Fsp3) is 0.500. The van der Waals surface area contributed by atoms with Crippen LogP contribution in [0.2, 0.25) is 0 Å². The number of carbonyl (C=O) groups excluding carboxylic acids is 3. The molecule has 1 N–H and O–H groups in total. The second kappa shape index (κ2) is 7.13. The van der Waals surface area contributed by atoms with Gasteiger partial charge < -0.3 is 4.90 Å². The summed E-state index contributed by atoms with van der Waals surface area (Å²) in [7, 11) is 0. The van der Waals surface area contributed by atoms with E-state index >= 15 is 0 Å². The SMILES string of the molecule is CC(=O)CN1CCN(c2ccc(C3CCC(=O)NC3=O)cc2)CC1. The molecule has 2 aliphatic rings. The van der Waals surface area contributed by atoms with E-state index in [2.05, 4.69) is 15.1 Å². The van der Waals surface area contributed by atoms with E-state index in [9.17, 15) is 14.4 Å². The normalized spacial score (nSPS) is 22.4. The average Bonchev–Trinajstić information content (AvgIpc) is 2.55. The van der Waals surface area contributed by atoms with Crippen LogP contribution in [-0.2, 0) is 14.4 Å². The Bertz CT molecular complexity index is 633. The van der Waals surface area contributed by atoms with Crippen LogP contribution in [0.4, 0.5) is 5.69 Å². The van der Waals surface area contributed by atoms with Gasteiger partial charge in [-0.05, 0) is 31.0 Å². The predicted molar refractivity (Wildman–Crippen MR) is 90.9 cm³/mol. The smallest absolute Gasteiger partial charge is 0.234 e. The molecule has 2 amide bonds. The molecule has 0 spiro atoms. The van der Waals surface area contributed by atoms with Gasteiger partial charge in [-0.2, -0.15) is 0 Å². The number of piperazine rings is 1. The number of hydrogen-bond donors (Lipinski definition) is 1. The number of Topliss-reactive ketones (excluding diaryl/α,β-unsaturated/α-hetero) is 1. The van der Waals surface area contributed by atoms with Crippen molar-refractivity contribution in [2.24, 2.45) is 0 Å². The lowest BCUT2D eigenvalue weighted by atomic mass is 9.90. The van der Waals surface area contributed by atoms with Gasteiger partial charge in [0.1, 0.15) is 5.78 Å². The van der Waals surface area contributed by atoms with Gasteiger partial charge in [0.25, 0.3) is 0 Å². The van der Waals surface area contributed by atoms with Crippen molar-refractivity contribution in [1.29, 1.82) is 0 Å². The maximum atomic E-state index is 11.9. The first-order chi connectivity index (χ1) is 11.5. The van der Waals surface area contributed by atoms with Crippen molar-refractivity contribution in [2.45, 2.75) is 25.7 Å². The Morgan fingerprint density at radius 2 is 1.79 bits per heavy atom. The molecule has 1 unspecified atom stereocenters. The predicted octanol–water partition coefficient (Wildman–Crippen LogP) is 0.918. The summed E-state index contributed by atoms with van der Waals surface area (Å²) in [6.07, 6.45) is 0.976. The number of nitrogens with zero attached hydrogens (tertiary/aromatic N) is 2. The molecule has 6 heteroatoms. The second-order valence-electron chi connectivity index (χ2n) is 6.56. The first kappa shape index (κ1) is 16.6. The van der Waals surface area contributed by atoms with E-state index in [1.807, 2.05) is 24.3 Å².